The number of carbonyl (C=O) groups excluding carboxylic acids is 1. The van der Waals surface area contributed by atoms with E-state index >= 15 is 0 Å². The molecule has 2 aromatic heterocycles. The Morgan fingerprint density at radius 3 is 2.73 bits per heavy atom. The van der Waals surface area contributed by atoms with E-state index in [4.69, 9.17) is 4.98 Å². The molecule has 0 saturated carbocycles. The summed E-state index contributed by atoms with van der Waals surface area (Å²) in [5.74, 6) is 1.03. The zero-order chi connectivity index (χ0) is 18.1. The van der Waals surface area contributed by atoms with Crippen molar-refractivity contribution in [2.45, 2.75) is 13.3 Å². The molecule has 1 amide bonds. The lowest BCUT2D eigenvalue weighted by atomic mass is 10.2. The second-order valence-corrected chi connectivity index (χ2v) is 6.84. The van der Waals surface area contributed by atoms with Crippen LogP contribution < -0.4 is 4.90 Å². The molecular formula is C20H23N5O. The topological polar surface area (TPSA) is 54.3 Å². The molecular weight excluding hydrogens is 326 g/mol. The summed E-state index contributed by atoms with van der Waals surface area (Å²) in [6.45, 7) is 5.08. The van der Waals surface area contributed by atoms with E-state index in [0.29, 0.717) is 12.1 Å². The Kier molecular flexibility index (Phi) is 4.32. The molecule has 6 heteroatoms. The van der Waals surface area contributed by atoms with Crippen LogP contribution in [0.3, 0.4) is 0 Å². The van der Waals surface area contributed by atoms with Gasteiger partial charge in [-0.1, -0.05) is 12.1 Å². The summed E-state index contributed by atoms with van der Waals surface area (Å²) in [7, 11) is 2.05. The Morgan fingerprint density at radius 1 is 1.08 bits per heavy atom. The zero-order valence-corrected chi connectivity index (χ0v) is 15.2. The summed E-state index contributed by atoms with van der Waals surface area (Å²) in [5.41, 5.74) is 3.81. The second kappa shape index (κ2) is 6.78. The number of para-hydroxylation sites is 2. The van der Waals surface area contributed by atoms with E-state index in [0.717, 1.165) is 48.6 Å². The molecule has 134 valence electrons. The van der Waals surface area contributed by atoms with Gasteiger partial charge in [-0.2, -0.15) is 0 Å². The fourth-order valence-electron chi connectivity index (χ4n) is 3.59. The summed E-state index contributed by atoms with van der Waals surface area (Å²) in [4.78, 5) is 26.0. The highest BCUT2D eigenvalue weighted by Gasteiger charge is 2.23. The number of pyridine rings is 1. The van der Waals surface area contributed by atoms with Crippen LogP contribution in [0.4, 0.5) is 5.95 Å². The Labute approximate surface area is 153 Å². The van der Waals surface area contributed by atoms with Gasteiger partial charge in [0.25, 0.3) is 5.91 Å². The smallest absolute Gasteiger partial charge is 0.255 e. The van der Waals surface area contributed by atoms with Crippen molar-refractivity contribution in [3.05, 3.63) is 53.9 Å². The molecule has 0 N–H and O–H groups in total. The first-order valence-electron chi connectivity index (χ1n) is 9.01. The number of fused-ring (bicyclic) bond motifs is 1. The van der Waals surface area contributed by atoms with Crippen molar-refractivity contribution in [1.82, 2.24) is 19.4 Å². The molecule has 0 radical (unpaired) electrons. The third-order valence-corrected chi connectivity index (χ3v) is 4.95. The van der Waals surface area contributed by atoms with Crippen LogP contribution in [0.15, 0.2) is 42.7 Å². The lowest BCUT2D eigenvalue weighted by Crippen LogP contribution is -2.35. The van der Waals surface area contributed by atoms with Gasteiger partial charge < -0.3 is 14.4 Å². The molecule has 3 heterocycles. The van der Waals surface area contributed by atoms with Crippen LogP contribution >= 0.6 is 0 Å². The fourth-order valence-corrected chi connectivity index (χ4v) is 3.59. The van der Waals surface area contributed by atoms with Gasteiger partial charge >= 0.3 is 0 Å². The summed E-state index contributed by atoms with van der Waals surface area (Å²) in [5, 5.41) is 0. The molecule has 1 aliphatic heterocycles. The average Bonchev–Trinajstić information content (AvgIpc) is 2.83. The first-order chi connectivity index (χ1) is 12.6. The van der Waals surface area contributed by atoms with E-state index in [2.05, 4.69) is 27.6 Å². The molecule has 0 atom stereocenters. The van der Waals surface area contributed by atoms with Gasteiger partial charge in [0.15, 0.2) is 0 Å². The normalized spacial score (nSPS) is 15.3. The molecule has 26 heavy (non-hydrogen) atoms. The quantitative estimate of drug-likeness (QED) is 0.714. The van der Waals surface area contributed by atoms with Crippen LogP contribution in [0.25, 0.3) is 11.0 Å². The highest BCUT2D eigenvalue weighted by molar-refractivity contribution is 5.94. The van der Waals surface area contributed by atoms with E-state index in [1.165, 1.54) is 0 Å². The van der Waals surface area contributed by atoms with E-state index in [1.54, 1.807) is 12.4 Å². The number of anilines is 1. The van der Waals surface area contributed by atoms with Crippen LogP contribution in [-0.2, 0) is 7.05 Å². The van der Waals surface area contributed by atoms with E-state index < -0.39 is 0 Å². The number of hydrogen-bond acceptors (Lipinski definition) is 4. The molecule has 4 rings (SSSR count). The monoisotopic (exact) mass is 349 g/mol. The van der Waals surface area contributed by atoms with Crippen LogP contribution in [0.2, 0.25) is 0 Å². The van der Waals surface area contributed by atoms with E-state index in [-0.39, 0.29) is 5.91 Å². The highest BCUT2D eigenvalue weighted by Crippen LogP contribution is 2.22. The number of aryl methyl sites for hydroxylation is 2. The molecule has 1 aromatic carbocycles. The van der Waals surface area contributed by atoms with Gasteiger partial charge in [0.05, 0.1) is 16.6 Å². The van der Waals surface area contributed by atoms with E-state index in [1.807, 2.05) is 36.1 Å². The number of imidazole rings is 1. The first-order valence-corrected chi connectivity index (χ1v) is 9.01. The number of hydrogen-bond donors (Lipinski definition) is 0. The number of rotatable bonds is 2. The maximum Gasteiger partial charge on any atom is 0.255 e. The Bertz CT molecular complexity index is 948. The van der Waals surface area contributed by atoms with Crippen molar-refractivity contribution >= 4 is 22.9 Å². The molecule has 1 aliphatic rings. The van der Waals surface area contributed by atoms with Crippen molar-refractivity contribution in [1.29, 1.82) is 0 Å². The maximum absolute atomic E-state index is 12.8. The van der Waals surface area contributed by atoms with Crippen LogP contribution in [0.5, 0.6) is 0 Å². The zero-order valence-electron chi connectivity index (χ0n) is 15.2. The van der Waals surface area contributed by atoms with Crippen molar-refractivity contribution in [3.8, 4) is 0 Å². The number of nitrogens with zero attached hydrogens (tertiary/aromatic N) is 5. The molecule has 3 aromatic rings. The molecule has 0 bridgehead atoms. The van der Waals surface area contributed by atoms with Crippen molar-refractivity contribution < 1.29 is 4.79 Å². The predicted octanol–water partition coefficient (Wildman–Crippen LogP) is 2.63. The van der Waals surface area contributed by atoms with Gasteiger partial charge in [0, 0.05) is 45.6 Å². The standard InChI is InChI=1S/C20H23N5O/c1-15-12-16(14-21-13-15)19(26)24-8-5-9-25(11-10-24)20-22-17-6-3-4-7-18(17)23(20)2/h3-4,6-7,12-14H,5,8-11H2,1-2H3. The molecule has 0 aliphatic carbocycles. The Balaban J connectivity index is 1.53. The number of benzene rings is 1. The van der Waals surface area contributed by atoms with Gasteiger partial charge in [-0.25, -0.2) is 4.98 Å². The van der Waals surface area contributed by atoms with E-state index in [9.17, 15) is 4.79 Å². The third kappa shape index (κ3) is 3.03. The minimum absolute atomic E-state index is 0.0630. The summed E-state index contributed by atoms with van der Waals surface area (Å²) in [6.07, 6.45) is 4.35. The number of carbonyl (C=O) groups is 1. The Morgan fingerprint density at radius 2 is 1.92 bits per heavy atom. The summed E-state index contributed by atoms with van der Waals surface area (Å²) in [6, 6.07) is 10.1. The van der Waals surface area contributed by atoms with Gasteiger partial charge in [-0.3, -0.25) is 9.78 Å². The minimum atomic E-state index is 0.0630. The lowest BCUT2D eigenvalue weighted by molar-refractivity contribution is 0.0766. The van der Waals surface area contributed by atoms with Gasteiger partial charge in [-0.05, 0) is 37.1 Å². The van der Waals surface area contributed by atoms with Crippen molar-refractivity contribution in [2.75, 3.05) is 31.1 Å². The van der Waals surface area contributed by atoms with Gasteiger partial charge in [0.2, 0.25) is 5.95 Å². The predicted molar refractivity (Wildman–Crippen MR) is 102 cm³/mol. The molecule has 6 nitrogen and oxygen atoms in total. The fraction of sp³-hybridized carbons (Fsp3) is 0.350. The second-order valence-electron chi connectivity index (χ2n) is 6.84. The van der Waals surface area contributed by atoms with Crippen LogP contribution in [0.1, 0.15) is 22.3 Å². The number of amides is 1. The lowest BCUT2D eigenvalue weighted by Gasteiger charge is -2.23. The molecule has 0 spiro atoms. The van der Waals surface area contributed by atoms with Gasteiger partial charge in [0.1, 0.15) is 0 Å². The largest absolute Gasteiger partial charge is 0.340 e. The first kappa shape index (κ1) is 16.6. The maximum atomic E-state index is 12.8. The molecule has 1 fully saturated rings. The SMILES string of the molecule is Cc1cncc(C(=O)N2CCCN(c3nc4ccccc4n3C)CC2)c1. The Hall–Kier alpha value is -2.89. The van der Waals surface area contributed by atoms with Crippen LogP contribution in [-0.4, -0.2) is 51.5 Å². The summed E-state index contributed by atoms with van der Waals surface area (Å²) >= 11 is 0. The molecule has 0 unspecified atom stereocenters. The third-order valence-electron chi connectivity index (χ3n) is 4.95. The van der Waals surface area contributed by atoms with Gasteiger partial charge in [-0.15, -0.1) is 0 Å². The van der Waals surface area contributed by atoms with Crippen molar-refractivity contribution in [2.24, 2.45) is 7.05 Å². The van der Waals surface area contributed by atoms with Crippen LogP contribution in [0, 0.1) is 6.92 Å². The summed E-state index contributed by atoms with van der Waals surface area (Å²) < 4.78 is 2.14. The molecule has 1 saturated heterocycles. The van der Waals surface area contributed by atoms with Crippen molar-refractivity contribution in [3.63, 3.8) is 0 Å². The average molecular weight is 349 g/mol. The highest BCUT2D eigenvalue weighted by atomic mass is 16.2. The number of aromatic nitrogens is 3. The minimum Gasteiger partial charge on any atom is -0.340 e.